The molecule has 0 aromatic heterocycles. The summed E-state index contributed by atoms with van der Waals surface area (Å²) in [6.07, 6.45) is 0.213. The molecule has 14 heavy (non-hydrogen) atoms. The van der Waals surface area contributed by atoms with Crippen molar-refractivity contribution < 1.29 is 9.32 Å². The largest absolute Gasteiger partial charge is 0.393 e. The van der Waals surface area contributed by atoms with Gasteiger partial charge in [-0.05, 0) is 32.4 Å². The minimum absolute atomic E-state index is 0.371. The summed E-state index contributed by atoms with van der Waals surface area (Å²) < 4.78 is 11.7. The lowest BCUT2D eigenvalue weighted by Crippen LogP contribution is -2.07. The molecular weight excluding hydrogens is 196 g/mol. The number of benzene rings is 1. The summed E-state index contributed by atoms with van der Waals surface area (Å²) in [5.41, 5.74) is 1.17. The lowest BCUT2D eigenvalue weighted by Gasteiger charge is -2.04. The quantitative estimate of drug-likeness (QED) is 0.827. The van der Waals surface area contributed by atoms with Crippen LogP contribution in [-0.4, -0.2) is 21.2 Å². The second-order valence-corrected chi connectivity index (χ2v) is 5.07. The lowest BCUT2D eigenvalue weighted by atomic mass is 10.2. The molecule has 0 bridgehead atoms. The van der Waals surface area contributed by atoms with Crippen LogP contribution >= 0.6 is 0 Å². The number of hydrogen-bond donors (Lipinski definition) is 1. The Morgan fingerprint density at radius 1 is 1.36 bits per heavy atom. The Labute approximate surface area is 87.4 Å². The summed E-state index contributed by atoms with van der Waals surface area (Å²) in [7, 11) is -0.972. The van der Waals surface area contributed by atoms with Gasteiger partial charge >= 0.3 is 0 Å². The van der Waals surface area contributed by atoms with E-state index in [-0.39, 0.29) is 6.10 Å². The fourth-order valence-electron chi connectivity index (χ4n) is 1.09. The van der Waals surface area contributed by atoms with Crippen molar-refractivity contribution in [3.05, 3.63) is 29.8 Å². The van der Waals surface area contributed by atoms with Gasteiger partial charge in [-0.2, -0.15) is 0 Å². The van der Waals surface area contributed by atoms with Crippen LogP contribution in [0, 0.1) is 6.92 Å². The molecule has 1 N–H and O–H groups in total. The first-order valence-corrected chi connectivity index (χ1v) is 6.04. The molecule has 0 heterocycles. The summed E-state index contributed by atoms with van der Waals surface area (Å²) in [6.45, 7) is 3.72. The monoisotopic (exact) mass is 212 g/mol. The van der Waals surface area contributed by atoms with Crippen molar-refractivity contribution in [1.29, 1.82) is 0 Å². The molecule has 0 saturated carbocycles. The van der Waals surface area contributed by atoms with Gasteiger partial charge in [0.2, 0.25) is 0 Å². The van der Waals surface area contributed by atoms with Crippen LogP contribution < -0.4 is 0 Å². The maximum atomic E-state index is 11.7. The van der Waals surface area contributed by atoms with Gasteiger partial charge in [0.15, 0.2) is 0 Å². The normalized spacial score (nSPS) is 15.1. The Hall–Kier alpha value is -0.670. The maximum Gasteiger partial charge on any atom is 0.0530 e. The zero-order valence-electron chi connectivity index (χ0n) is 8.56. The zero-order chi connectivity index (χ0) is 10.6. The third-order valence-electron chi connectivity index (χ3n) is 2.00. The number of aryl methyl sites for hydroxylation is 1. The Kier molecular flexibility index (Phi) is 4.29. The predicted octanol–water partition coefficient (Wildman–Crippen LogP) is 1.87. The Morgan fingerprint density at radius 2 is 1.93 bits per heavy atom. The van der Waals surface area contributed by atoms with E-state index < -0.39 is 10.8 Å². The van der Waals surface area contributed by atoms with Crippen LogP contribution in [0.3, 0.4) is 0 Å². The van der Waals surface area contributed by atoms with E-state index in [9.17, 15) is 4.21 Å². The van der Waals surface area contributed by atoms with E-state index in [1.807, 2.05) is 31.2 Å². The van der Waals surface area contributed by atoms with Crippen LogP contribution in [0.4, 0.5) is 0 Å². The van der Waals surface area contributed by atoms with Crippen molar-refractivity contribution in [3.63, 3.8) is 0 Å². The second kappa shape index (κ2) is 5.27. The summed E-state index contributed by atoms with van der Waals surface area (Å²) in [6, 6.07) is 7.67. The topological polar surface area (TPSA) is 37.3 Å². The SMILES string of the molecule is Cc1ccc(S(=O)CC[C@@H](C)O)cc1. The first-order valence-electron chi connectivity index (χ1n) is 4.72. The minimum Gasteiger partial charge on any atom is -0.393 e. The minimum atomic E-state index is -0.972. The first kappa shape index (κ1) is 11.4. The smallest absolute Gasteiger partial charge is 0.0530 e. The standard InChI is InChI=1S/C11H16O2S/c1-9-3-5-11(6-4-9)14(13)8-7-10(2)12/h3-6,10,12H,7-8H2,1-2H3/t10-,14?/m1/s1. The number of rotatable bonds is 4. The average molecular weight is 212 g/mol. The van der Waals surface area contributed by atoms with Crippen molar-refractivity contribution in [3.8, 4) is 0 Å². The molecule has 0 aliphatic carbocycles. The van der Waals surface area contributed by atoms with E-state index in [1.165, 1.54) is 5.56 Å². The van der Waals surface area contributed by atoms with Crippen LogP contribution in [-0.2, 0) is 10.8 Å². The fourth-order valence-corrected chi connectivity index (χ4v) is 2.32. The molecule has 2 atom stereocenters. The van der Waals surface area contributed by atoms with Crippen LogP contribution in [0.1, 0.15) is 18.9 Å². The summed E-state index contributed by atoms with van der Waals surface area (Å²) >= 11 is 0. The Balaban J connectivity index is 2.57. The van der Waals surface area contributed by atoms with Gasteiger partial charge < -0.3 is 5.11 Å². The van der Waals surface area contributed by atoms with Gasteiger partial charge in [0.05, 0.1) is 16.9 Å². The van der Waals surface area contributed by atoms with Crippen LogP contribution in [0.25, 0.3) is 0 Å². The fraction of sp³-hybridized carbons (Fsp3) is 0.455. The molecule has 0 aliphatic rings. The van der Waals surface area contributed by atoms with Crippen molar-refractivity contribution in [2.45, 2.75) is 31.3 Å². The maximum absolute atomic E-state index is 11.7. The van der Waals surface area contributed by atoms with Crippen LogP contribution in [0.2, 0.25) is 0 Å². The van der Waals surface area contributed by atoms with Gasteiger partial charge in [0.25, 0.3) is 0 Å². The van der Waals surface area contributed by atoms with Crippen LogP contribution in [0.15, 0.2) is 29.2 Å². The highest BCUT2D eigenvalue weighted by Crippen LogP contribution is 2.09. The van der Waals surface area contributed by atoms with E-state index >= 15 is 0 Å². The zero-order valence-corrected chi connectivity index (χ0v) is 9.38. The Bertz CT molecular complexity index is 304. The Morgan fingerprint density at radius 3 is 2.43 bits per heavy atom. The molecule has 0 fully saturated rings. The molecular formula is C11H16O2S. The molecule has 1 aromatic rings. The second-order valence-electron chi connectivity index (χ2n) is 3.50. The van der Waals surface area contributed by atoms with Gasteiger partial charge in [-0.25, -0.2) is 0 Å². The summed E-state index contributed by atoms with van der Waals surface area (Å²) in [5.74, 6) is 0.528. The third kappa shape index (κ3) is 3.60. The molecule has 3 heteroatoms. The predicted molar refractivity (Wildman–Crippen MR) is 58.8 cm³/mol. The summed E-state index contributed by atoms with van der Waals surface area (Å²) in [4.78, 5) is 0.844. The van der Waals surface area contributed by atoms with Crippen molar-refractivity contribution >= 4 is 10.8 Å². The molecule has 0 amide bonds. The van der Waals surface area contributed by atoms with Crippen molar-refractivity contribution in [2.24, 2.45) is 0 Å². The lowest BCUT2D eigenvalue weighted by molar-refractivity contribution is 0.192. The number of aliphatic hydroxyl groups is 1. The van der Waals surface area contributed by atoms with E-state index in [0.717, 1.165) is 4.90 Å². The van der Waals surface area contributed by atoms with Crippen LogP contribution in [0.5, 0.6) is 0 Å². The number of aliphatic hydroxyl groups excluding tert-OH is 1. The summed E-state index contributed by atoms with van der Waals surface area (Å²) in [5, 5.41) is 9.06. The third-order valence-corrected chi connectivity index (χ3v) is 3.41. The van der Waals surface area contributed by atoms with Gasteiger partial charge in [0.1, 0.15) is 0 Å². The van der Waals surface area contributed by atoms with Crippen molar-refractivity contribution in [2.75, 3.05) is 5.75 Å². The molecule has 1 rings (SSSR count). The molecule has 0 aliphatic heterocycles. The van der Waals surface area contributed by atoms with E-state index in [2.05, 4.69) is 0 Å². The van der Waals surface area contributed by atoms with Crippen molar-refractivity contribution in [1.82, 2.24) is 0 Å². The molecule has 78 valence electrons. The van der Waals surface area contributed by atoms with Gasteiger partial charge in [0, 0.05) is 10.6 Å². The molecule has 1 unspecified atom stereocenters. The highest BCUT2D eigenvalue weighted by atomic mass is 32.2. The van der Waals surface area contributed by atoms with E-state index in [4.69, 9.17) is 5.11 Å². The first-order chi connectivity index (χ1) is 6.59. The van der Waals surface area contributed by atoms with Gasteiger partial charge in [-0.3, -0.25) is 4.21 Å². The van der Waals surface area contributed by atoms with Gasteiger partial charge in [-0.15, -0.1) is 0 Å². The molecule has 1 aromatic carbocycles. The van der Waals surface area contributed by atoms with Gasteiger partial charge in [-0.1, -0.05) is 17.7 Å². The molecule has 0 radical (unpaired) electrons. The van der Waals surface area contributed by atoms with E-state index in [0.29, 0.717) is 12.2 Å². The average Bonchev–Trinajstić information content (AvgIpc) is 2.15. The molecule has 0 spiro atoms. The highest BCUT2D eigenvalue weighted by Gasteiger charge is 2.04. The number of hydrogen-bond acceptors (Lipinski definition) is 2. The van der Waals surface area contributed by atoms with E-state index in [1.54, 1.807) is 6.92 Å². The molecule has 0 saturated heterocycles. The highest BCUT2D eigenvalue weighted by molar-refractivity contribution is 7.85. The molecule has 2 nitrogen and oxygen atoms in total.